The van der Waals surface area contributed by atoms with Crippen molar-refractivity contribution in [2.45, 2.75) is 102 Å². The molecular formula is C48H62IrNO2S-. The van der Waals surface area contributed by atoms with Crippen LogP contribution in [0.1, 0.15) is 106 Å². The molecule has 0 atom stereocenters. The molecule has 5 rings (SSSR count). The molecule has 0 aliphatic heterocycles. The monoisotopic (exact) mass is 909 g/mol. The predicted molar refractivity (Wildman–Crippen MR) is 226 cm³/mol. The third-order valence-electron chi connectivity index (χ3n) is 10.2. The summed E-state index contributed by atoms with van der Waals surface area (Å²) < 4.78 is 1.25. The average molecular weight is 909 g/mol. The Morgan fingerprint density at radius 2 is 1.38 bits per heavy atom. The quantitative estimate of drug-likeness (QED) is 0.0771. The van der Waals surface area contributed by atoms with E-state index in [9.17, 15) is 9.90 Å². The van der Waals surface area contributed by atoms with Gasteiger partial charge < -0.3 is 5.11 Å². The number of aryl methyl sites for hydroxylation is 1. The summed E-state index contributed by atoms with van der Waals surface area (Å²) in [4.78, 5) is 18.5. The molecule has 3 aromatic carbocycles. The van der Waals surface area contributed by atoms with Gasteiger partial charge in [0.15, 0.2) is 5.78 Å². The van der Waals surface area contributed by atoms with E-state index in [2.05, 4.69) is 157 Å². The Bertz CT molecular complexity index is 1960. The number of pyridine rings is 1. The van der Waals surface area contributed by atoms with Crippen LogP contribution < -0.4 is 0 Å². The number of thiophene rings is 1. The van der Waals surface area contributed by atoms with E-state index in [1.54, 1.807) is 0 Å². The van der Waals surface area contributed by atoms with E-state index in [4.69, 9.17) is 4.98 Å². The molecule has 5 heteroatoms. The van der Waals surface area contributed by atoms with E-state index in [-0.39, 0.29) is 43.5 Å². The minimum Gasteiger partial charge on any atom is -0.512 e. The van der Waals surface area contributed by atoms with Gasteiger partial charge in [-0.2, -0.15) is 0 Å². The first kappa shape index (κ1) is 44.3. The summed E-state index contributed by atoms with van der Waals surface area (Å²) in [6.07, 6.45) is 4.55. The van der Waals surface area contributed by atoms with Crippen LogP contribution in [0.3, 0.4) is 0 Å². The van der Waals surface area contributed by atoms with Crippen molar-refractivity contribution in [3.05, 3.63) is 101 Å². The van der Waals surface area contributed by atoms with Gasteiger partial charge in [-0.15, -0.1) is 40.5 Å². The van der Waals surface area contributed by atoms with Gasteiger partial charge in [-0.25, -0.2) is 0 Å². The largest absolute Gasteiger partial charge is 0.512 e. The molecule has 1 radical (unpaired) electrons. The molecule has 5 aromatic rings. The van der Waals surface area contributed by atoms with Gasteiger partial charge in [-0.05, 0) is 77.0 Å². The Hall–Kier alpha value is -3.11. The Kier molecular flexibility index (Phi) is 16.3. The van der Waals surface area contributed by atoms with Crippen molar-refractivity contribution in [3.63, 3.8) is 0 Å². The summed E-state index contributed by atoms with van der Waals surface area (Å²) in [6, 6.07) is 25.8. The Morgan fingerprint density at radius 3 is 1.92 bits per heavy atom. The van der Waals surface area contributed by atoms with Crippen LogP contribution in [0, 0.1) is 54.4 Å². The van der Waals surface area contributed by atoms with Crippen molar-refractivity contribution < 1.29 is 30.0 Å². The zero-order chi connectivity index (χ0) is 38.4. The molecule has 0 aliphatic rings. The number of hydrogen-bond donors (Lipinski definition) is 1. The summed E-state index contributed by atoms with van der Waals surface area (Å²) in [5.41, 5.74) is 7.51. The van der Waals surface area contributed by atoms with Gasteiger partial charge in [0.2, 0.25) is 0 Å². The first-order valence-electron chi connectivity index (χ1n) is 19.4. The first-order valence-corrected chi connectivity index (χ1v) is 20.2. The Labute approximate surface area is 338 Å². The zero-order valence-corrected chi connectivity index (χ0v) is 37.5. The number of carbonyl (C=O) groups is 1. The normalized spacial score (nSPS) is 12.3. The molecule has 0 spiro atoms. The van der Waals surface area contributed by atoms with Gasteiger partial charge in [0.05, 0.1) is 5.76 Å². The average Bonchev–Trinajstić information content (AvgIpc) is 3.40. The first-order chi connectivity index (χ1) is 24.5. The maximum atomic E-state index is 12.3. The molecule has 53 heavy (non-hydrogen) atoms. The Balaban J connectivity index is 0.000000327. The van der Waals surface area contributed by atoms with Crippen LogP contribution in [0.15, 0.2) is 78.7 Å². The van der Waals surface area contributed by atoms with E-state index < -0.39 is 0 Å². The van der Waals surface area contributed by atoms with Crippen LogP contribution in [0.25, 0.3) is 42.6 Å². The summed E-state index contributed by atoms with van der Waals surface area (Å²) in [6.45, 7) is 27.9. The number of aliphatic hydroxyl groups excluding tert-OH is 1. The topological polar surface area (TPSA) is 50.2 Å². The molecule has 0 bridgehead atoms. The van der Waals surface area contributed by atoms with Crippen molar-refractivity contribution in [2.24, 2.45) is 41.4 Å². The molecule has 0 unspecified atom stereocenters. The molecule has 1 N–H and O–H groups in total. The SMILES string of the molecule is CC(C)C(C(=O)/C=C(\O)C(C(C)C)C(C)C)C(C)C.Cc1c(-c2ccc(CC(C)C)cc2)sc2c(-c3[c-]c4ccccc4c(C(C)C)c3)nccc12.[Ir]. The second kappa shape index (κ2) is 19.5. The van der Waals surface area contributed by atoms with E-state index in [1.165, 1.54) is 48.7 Å². The predicted octanol–water partition coefficient (Wildman–Crippen LogP) is 14.1. The molecule has 287 valence electrons. The molecular weight excluding hydrogens is 847 g/mol. The fraction of sp³-hybridized carbons (Fsp3) is 0.458. The number of carbonyl (C=O) groups excluding carboxylic acids is 1. The number of nitrogens with zero attached hydrogens (tertiary/aromatic N) is 1. The molecule has 0 saturated carbocycles. The van der Waals surface area contributed by atoms with Crippen molar-refractivity contribution in [3.8, 4) is 21.7 Å². The maximum absolute atomic E-state index is 12.3. The van der Waals surface area contributed by atoms with E-state index in [1.807, 2.05) is 17.5 Å². The van der Waals surface area contributed by atoms with Gasteiger partial charge in [-0.3, -0.25) is 9.78 Å². The molecule has 2 heterocycles. The smallest absolute Gasteiger partial charge is 0.162 e. The van der Waals surface area contributed by atoms with Crippen LogP contribution in [0.2, 0.25) is 0 Å². The number of aliphatic hydroxyl groups is 1. The number of aromatic nitrogens is 1. The summed E-state index contributed by atoms with van der Waals surface area (Å²) in [5, 5.41) is 14.0. The van der Waals surface area contributed by atoms with Crippen LogP contribution in [0.4, 0.5) is 0 Å². The summed E-state index contributed by atoms with van der Waals surface area (Å²) >= 11 is 1.86. The summed E-state index contributed by atoms with van der Waals surface area (Å²) in [5.74, 6) is 2.74. The number of ketones is 1. The fourth-order valence-electron chi connectivity index (χ4n) is 7.96. The molecule has 3 nitrogen and oxygen atoms in total. The van der Waals surface area contributed by atoms with Crippen LogP contribution >= 0.6 is 11.3 Å². The fourth-order valence-corrected chi connectivity index (χ4v) is 9.27. The molecule has 0 saturated heterocycles. The van der Waals surface area contributed by atoms with Gasteiger partial charge in [0, 0.05) is 59.5 Å². The van der Waals surface area contributed by atoms with Crippen molar-refractivity contribution in [2.75, 3.05) is 0 Å². The number of fused-ring (bicyclic) bond motifs is 2. The molecule has 0 amide bonds. The van der Waals surface area contributed by atoms with Crippen LogP contribution in [-0.2, 0) is 31.3 Å². The maximum Gasteiger partial charge on any atom is 0.162 e. The second-order valence-corrected chi connectivity index (χ2v) is 17.7. The van der Waals surface area contributed by atoms with Gasteiger partial charge in [0.1, 0.15) is 0 Å². The van der Waals surface area contributed by atoms with Crippen molar-refractivity contribution in [1.82, 2.24) is 4.98 Å². The van der Waals surface area contributed by atoms with Crippen LogP contribution in [-0.4, -0.2) is 15.9 Å². The van der Waals surface area contributed by atoms with Crippen molar-refractivity contribution >= 4 is 38.0 Å². The summed E-state index contributed by atoms with van der Waals surface area (Å²) in [7, 11) is 0. The molecule has 2 aromatic heterocycles. The van der Waals surface area contributed by atoms with E-state index in [0.717, 1.165) is 23.1 Å². The Morgan fingerprint density at radius 1 is 0.792 bits per heavy atom. The number of hydrogen-bond acceptors (Lipinski definition) is 4. The minimum absolute atomic E-state index is 0. The minimum atomic E-state index is -0.0119. The van der Waals surface area contributed by atoms with Crippen molar-refractivity contribution in [1.29, 1.82) is 0 Å². The molecule has 0 fully saturated rings. The van der Waals surface area contributed by atoms with E-state index >= 15 is 0 Å². The third-order valence-corrected chi connectivity index (χ3v) is 11.6. The number of rotatable bonds is 12. The standard InChI is InChI=1S/C31H30NS.C17H32O2.Ir/c1-19(2)16-22-10-12-23(13-11-22)30-21(5)26-14-15-32-29(31(26)33-30)25-17-24-8-6-7-9-27(24)28(18-25)20(3)4;1-10(2)16(11(3)4)14(18)9-15(19)17(12(5)6)13(7)8;/h6-15,18-20H,16H2,1-5H3;9-13,16-18H,1-8H3;/q-1;;/b;14-9-;. The molecule has 0 aliphatic carbocycles. The van der Waals surface area contributed by atoms with E-state index in [0.29, 0.717) is 35.5 Å². The number of benzene rings is 3. The number of allylic oxidation sites excluding steroid dienone is 2. The van der Waals surface area contributed by atoms with Gasteiger partial charge >= 0.3 is 0 Å². The van der Waals surface area contributed by atoms with Gasteiger partial charge in [-0.1, -0.05) is 136 Å². The van der Waals surface area contributed by atoms with Gasteiger partial charge in [0.25, 0.3) is 0 Å². The van der Waals surface area contributed by atoms with Crippen LogP contribution in [0.5, 0.6) is 0 Å². The zero-order valence-electron chi connectivity index (χ0n) is 34.3. The second-order valence-electron chi connectivity index (χ2n) is 16.7. The third kappa shape index (κ3) is 10.8.